The quantitative estimate of drug-likeness (QED) is 0.224. The summed E-state index contributed by atoms with van der Waals surface area (Å²) >= 11 is 1.50. The number of carboxylic acids is 3. The number of carboxylic acid groups (broad SMARTS) is 3. The number of pyridine rings is 1. The maximum atomic E-state index is 13.3. The number of hydrogen-bond donors (Lipinski definition) is 4. The number of hydrogen-bond acceptors (Lipinski definition) is 10. The molecule has 3 heterocycles. The van der Waals surface area contributed by atoms with Crippen LogP contribution in [0.2, 0.25) is 0 Å². The number of carbonyl (C=O) groups is 4. The van der Waals surface area contributed by atoms with E-state index in [4.69, 9.17) is 34.3 Å². The second-order valence-corrected chi connectivity index (χ2v) is 10.5. The third-order valence-electron chi connectivity index (χ3n) is 5.94. The average Bonchev–Trinajstić information content (AvgIpc) is 3.43. The van der Waals surface area contributed by atoms with Gasteiger partial charge in [-0.2, -0.15) is 13.2 Å². The molecule has 17 heteroatoms. The predicted octanol–water partition coefficient (Wildman–Crippen LogP) is 3.24. The summed E-state index contributed by atoms with van der Waals surface area (Å²) in [5, 5.41) is 28.5. The van der Waals surface area contributed by atoms with Crippen LogP contribution in [-0.4, -0.2) is 88.5 Å². The fourth-order valence-electron chi connectivity index (χ4n) is 3.91. The number of fused-ring (bicyclic) bond motifs is 1. The number of amides is 1. The molecule has 0 bridgehead atoms. The number of nitrogens with one attached hydrogen (secondary N) is 1. The molecule has 0 radical (unpaired) electrons. The van der Waals surface area contributed by atoms with Crippen molar-refractivity contribution < 1.29 is 61.9 Å². The van der Waals surface area contributed by atoms with Crippen molar-refractivity contribution in [3.63, 3.8) is 0 Å². The number of halogens is 3. The van der Waals surface area contributed by atoms with E-state index in [-0.39, 0.29) is 24.0 Å². The number of aliphatic carboxylic acids is 3. The van der Waals surface area contributed by atoms with Crippen LogP contribution < -0.4 is 19.5 Å². The van der Waals surface area contributed by atoms with Gasteiger partial charge in [0.2, 0.25) is 0 Å². The number of nitrogens with zero attached hydrogens (tertiary/aromatic N) is 2. The van der Waals surface area contributed by atoms with Crippen molar-refractivity contribution in [1.29, 1.82) is 0 Å². The maximum Gasteiger partial charge on any atom is 0.490 e. The van der Waals surface area contributed by atoms with Crippen LogP contribution in [0, 0.1) is 0 Å². The van der Waals surface area contributed by atoms with E-state index in [1.54, 1.807) is 42.5 Å². The Hall–Kier alpha value is -4.90. The van der Waals surface area contributed by atoms with Crippen molar-refractivity contribution >= 4 is 35.2 Å². The second-order valence-electron chi connectivity index (χ2n) is 9.34. The Balaban J connectivity index is 0.000000707. The highest BCUT2D eigenvalue weighted by atomic mass is 32.1. The number of likely N-dealkylation sites (N-methyl/N-ethyl adjacent to an activating group) is 1. The minimum absolute atomic E-state index is 0.0401. The first-order valence-corrected chi connectivity index (χ1v) is 13.8. The SMILES string of the molecule is CN(CC(Oc1cccnc1)c1ccc(OCC(=O)O)c(OCC(=O)O)c1)C(=O)c1cc2c(s1)CCNC2.O=C(O)C(F)(F)F. The van der Waals surface area contributed by atoms with E-state index < -0.39 is 43.4 Å². The third kappa shape index (κ3) is 10.6. The van der Waals surface area contributed by atoms with Crippen LogP contribution in [0.1, 0.15) is 31.8 Å². The van der Waals surface area contributed by atoms with E-state index in [1.807, 2.05) is 6.07 Å². The van der Waals surface area contributed by atoms with Crippen molar-refractivity contribution in [3.05, 3.63) is 69.7 Å². The molecule has 1 atom stereocenters. The van der Waals surface area contributed by atoms with Crippen molar-refractivity contribution in [2.24, 2.45) is 0 Å². The molecule has 4 rings (SSSR count). The van der Waals surface area contributed by atoms with Gasteiger partial charge >= 0.3 is 24.1 Å². The lowest BCUT2D eigenvalue weighted by atomic mass is 10.1. The molecule has 0 spiro atoms. The summed E-state index contributed by atoms with van der Waals surface area (Å²) in [6.07, 6.45) is -1.73. The first kappa shape index (κ1) is 34.6. The third-order valence-corrected chi connectivity index (χ3v) is 7.16. The lowest BCUT2D eigenvalue weighted by Crippen LogP contribution is -2.32. The van der Waals surface area contributed by atoms with Gasteiger partial charge in [-0.3, -0.25) is 9.78 Å². The molecule has 1 unspecified atom stereocenters. The van der Waals surface area contributed by atoms with Gasteiger partial charge in [-0.25, -0.2) is 14.4 Å². The monoisotopic (exact) mass is 655 g/mol. The number of carbonyl (C=O) groups excluding carboxylic acids is 1. The van der Waals surface area contributed by atoms with Crippen LogP contribution >= 0.6 is 11.3 Å². The zero-order chi connectivity index (χ0) is 33.1. The topological polar surface area (TPSA) is 185 Å². The number of thiophene rings is 1. The molecule has 3 aromatic rings. The molecule has 0 saturated carbocycles. The van der Waals surface area contributed by atoms with Gasteiger partial charge in [0.15, 0.2) is 24.7 Å². The van der Waals surface area contributed by atoms with Crippen LogP contribution in [0.4, 0.5) is 13.2 Å². The molecular weight excluding hydrogens is 627 g/mol. The number of rotatable bonds is 12. The van der Waals surface area contributed by atoms with Crippen molar-refractivity contribution in [1.82, 2.24) is 15.2 Å². The predicted molar refractivity (Wildman–Crippen MR) is 151 cm³/mol. The maximum absolute atomic E-state index is 13.3. The Morgan fingerprint density at radius 2 is 1.71 bits per heavy atom. The smallest absolute Gasteiger partial charge is 0.482 e. The molecule has 1 amide bonds. The summed E-state index contributed by atoms with van der Waals surface area (Å²) in [6.45, 7) is 0.497. The number of aromatic nitrogens is 1. The number of benzene rings is 1. The molecule has 0 fully saturated rings. The summed E-state index contributed by atoms with van der Waals surface area (Å²) in [5.74, 6) is -4.72. The Kier molecular flexibility index (Phi) is 12.1. The minimum Gasteiger partial charge on any atom is -0.482 e. The van der Waals surface area contributed by atoms with Gasteiger partial charge < -0.3 is 39.7 Å². The van der Waals surface area contributed by atoms with Crippen LogP contribution in [0.3, 0.4) is 0 Å². The highest BCUT2D eigenvalue weighted by molar-refractivity contribution is 7.14. The van der Waals surface area contributed by atoms with Gasteiger partial charge in [0.1, 0.15) is 11.9 Å². The van der Waals surface area contributed by atoms with Gasteiger partial charge in [-0.1, -0.05) is 6.07 Å². The molecule has 0 saturated heterocycles. The van der Waals surface area contributed by atoms with Crippen LogP contribution in [0.5, 0.6) is 17.2 Å². The first-order valence-electron chi connectivity index (χ1n) is 13.0. The lowest BCUT2D eigenvalue weighted by molar-refractivity contribution is -0.192. The van der Waals surface area contributed by atoms with E-state index in [9.17, 15) is 27.6 Å². The van der Waals surface area contributed by atoms with Gasteiger partial charge in [0, 0.05) is 31.2 Å². The zero-order valence-corrected chi connectivity index (χ0v) is 24.4. The molecular formula is C28H28F3N3O10S. The van der Waals surface area contributed by atoms with Crippen molar-refractivity contribution in [2.75, 3.05) is 33.4 Å². The molecule has 0 aliphatic carbocycles. The van der Waals surface area contributed by atoms with Crippen molar-refractivity contribution in [3.8, 4) is 17.2 Å². The van der Waals surface area contributed by atoms with Crippen LogP contribution in [-0.2, 0) is 27.3 Å². The fraction of sp³-hybridized carbons (Fsp3) is 0.321. The summed E-state index contributed by atoms with van der Waals surface area (Å²) in [7, 11) is 1.69. The van der Waals surface area contributed by atoms with Gasteiger partial charge in [-0.05, 0) is 47.9 Å². The Morgan fingerprint density at radius 1 is 1.04 bits per heavy atom. The minimum atomic E-state index is -5.08. The molecule has 45 heavy (non-hydrogen) atoms. The summed E-state index contributed by atoms with van der Waals surface area (Å²) < 4.78 is 48.6. The Bertz CT molecular complexity index is 1480. The van der Waals surface area contributed by atoms with E-state index in [0.717, 1.165) is 25.1 Å². The number of ether oxygens (including phenoxy) is 3. The number of alkyl halides is 3. The average molecular weight is 656 g/mol. The standard InChI is InChI=1S/C26H27N3O8S.C2HF3O2/c1-29(26(34)23-10-17-11-28-8-6-22(17)38-23)13-21(37-18-3-2-7-27-12-18)16-4-5-19(35-14-24(30)31)20(9-16)36-15-25(32)33;3-2(4,5)1(6)7/h2-5,7,9-10,12,21,28H,6,8,11,13-15H2,1H3,(H,30,31)(H,32,33);(H,6,7). The van der Waals surface area contributed by atoms with Gasteiger partial charge in [-0.15, -0.1) is 11.3 Å². The Labute approximate surface area is 257 Å². The summed E-state index contributed by atoms with van der Waals surface area (Å²) in [5.41, 5.74) is 1.70. The van der Waals surface area contributed by atoms with E-state index in [1.165, 1.54) is 28.3 Å². The van der Waals surface area contributed by atoms with Gasteiger partial charge in [0.25, 0.3) is 5.91 Å². The summed E-state index contributed by atoms with van der Waals surface area (Å²) in [6, 6.07) is 10.0. The molecule has 13 nitrogen and oxygen atoms in total. The molecule has 4 N–H and O–H groups in total. The Morgan fingerprint density at radius 3 is 2.29 bits per heavy atom. The second kappa shape index (κ2) is 15.7. The molecule has 2 aromatic heterocycles. The first-order chi connectivity index (χ1) is 21.2. The van der Waals surface area contributed by atoms with E-state index in [0.29, 0.717) is 16.2 Å². The molecule has 1 aliphatic heterocycles. The largest absolute Gasteiger partial charge is 0.490 e. The zero-order valence-electron chi connectivity index (χ0n) is 23.6. The van der Waals surface area contributed by atoms with Crippen LogP contribution in [0.25, 0.3) is 0 Å². The highest BCUT2D eigenvalue weighted by Gasteiger charge is 2.38. The lowest BCUT2D eigenvalue weighted by Gasteiger charge is -2.26. The molecule has 1 aromatic carbocycles. The molecule has 1 aliphatic rings. The fourth-order valence-corrected chi connectivity index (χ4v) is 5.08. The van der Waals surface area contributed by atoms with E-state index in [2.05, 4.69) is 10.3 Å². The van der Waals surface area contributed by atoms with E-state index >= 15 is 0 Å². The molecule has 242 valence electrons. The van der Waals surface area contributed by atoms with Gasteiger partial charge in [0.05, 0.1) is 17.6 Å². The highest BCUT2D eigenvalue weighted by Crippen LogP contribution is 2.33. The normalized spacial score (nSPS) is 12.9. The van der Waals surface area contributed by atoms with Crippen molar-refractivity contribution in [2.45, 2.75) is 25.2 Å². The van der Waals surface area contributed by atoms with Crippen LogP contribution in [0.15, 0.2) is 48.8 Å². The summed E-state index contributed by atoms with van der Waals surface area (Å²) in [4.78, 5) is 51.8.